The minimum atomic E-state index is -0.376. The Morgan fingerprint density at radius 1 is 1.29 bits per heavy atom. The van der Waals surface area contributed by atoms with Crippen LogP contribution in [0.25, 0.3) is 0 Å². The molecule has 0 aliphatic heterocycles. The van der Waals surface area contributed by atoms with E-state index in [1.54, 1.807) is 0 Å². The summed E-state index contributed by atoms with van der Waals surface area (Å²) in [5, 5.41) is 5.87. The average Bonchev–Trinajstić information content (AvgIpc) is 2.33. The lowest BCUT2D eigenvalue weighted by Gasteiger charge is -2.09. The predicted octanol–water partition coefficient (Wildman–Crippen LogP) is 1.91. The van der Waals surface area contributed by atoms with Crippen LogP contribution in [-0.4, -0.2) is 25.3 Å². The van der Waals surface area contributed by atoms with Gasteiger partial charge in [-0.3, -0.25) is 0 Å². The van der Waals surface area contributed by atoms with Gasteiger partial charge in [0.2, 0.25) is 0 Å². The fourth-order valence-electron chi connectivity index (χ4n) is 1.31. The lowest BCUT2D eigenvalue weighted by molar-refractivity contribution is 0.145. The quantitative estimate of drug-likeness (QED) is 0.742. The van der Waals surface area contributed by atoms with E-state index in [-0.39, 0.29) is 6.09 Å². The van der Waals surface area contributed by atoms with Crippen LogP contribution < -0.4 is 10.6 Å². The topological polar surface area (TPSA) is 50.4 Å². The van der Waals surface area contributed by atoms with Crippen LogP contribution in [0, 0.1) is 0 Å². The molecule has 0 radical (unpaired) electrons. The van der Waals surface area contributed by atoms with E-state index < -0.39 is 0 Å². The molecule has 0 fully saturated rings. The zero-order valence-electron chi connectivity index (χ0n) is 10.4. The van der Waals surface area contributed by atoms with Gasteiger partial charge in [-0.1, -0.05) is 44.2 Å². The standard InChI is InChI=1S/C13H20N2O2/c1-11(2)14-8-9-17-13(16)15-10-12-6-4-3-5-7-12/h3-7,11,14H,8-10H2,1-2H3,(H,15,16). The molecule has 94 valence electrons. The van der Waals surface area contributed by atoms with E-state index >= 15 is 0 Å². The molecule has 1 amide bonds. The van der Waals surface area contributed by atoms with Crippen molar-refractivity contribution in [2.24, 2.45) is 0 Å². The molecule has 0 aliphatic rings. The minimum Gasteiger partial charge on any atom is -0.448 e. The van der Waals surface area contributed by atoms with Gasteiger partial charge in [-0.2, -0.15) is 0 Å². The summed E-state index contributed by atoms with van der Waals surface area (Å²) in [6.07, 6.45) is -0.376. The van der Waals surface area contributed by atoms with Gasteiger partial charge in [0.25, 0.3) is 0 Å². The number of alkyl carbamates (subject to hydrolysis) is 1. The first-order chi connectivity index (χ1) is 8.18. The number of hydrogen-bond acceptors (Lipinski definition) is 3. The average molecular weight is 236 g/mol. The fourth-order valence-corrected chi connectivity index (χ4v) is 1.31. The number of ether oxygens (including phenoxy) is 1. The third kappa shape index (κ3) is 6.58. The lowest BCUT2D eigenvalue weighted by Crippen LogP contribution is -2.30. The Labute approximate surface area is 102 Å². The van der Waals surface area contributed by atoms with Crippen LogP contribution in [0.5, 0.6) is 0 Å². The maximum atomic E-state index is 11.3. The monoisotopic (exact) mass is 236 g/mol. The summed E-state index contributed by atoms with van der Waals surface area (Å²) >= 11 is 0. The summed E-state index contributed by atoms with van der Waals surface area (Å²) in [5.41, 5.74) is 1.06. The summed E-state index contributed by atoms with van der Waals surface area (Å²) in [4.78, 5) is 11.3. The molecule has 0 bridgehead atoms. The number of nitrogens with one attached hydrogen (secondary N) is 2. The summed E-state index contributed by atoms with van der Waals surface area (Å²) in [6.45, 7) is 5.66. The second kappa shape index (κ2) is 7.68. The number of benzene rings is 1. The molecule has 17 heavy (non-hydrogen) atoms. The van der Waals surface area contributed by atoms with Crippen LogP contribution in [0.2, 0.25) is 0 Å². The molecule has 1 aromatic carbocycles. The molecule has 2 N–H and O–H groups in total. The molecule has 1 aromatic rings. The van der Waals surface area contributed by atoms with Gasteiger partial charge in [-0.15, -0.1) is 0 Å². The maximum absolute atomic E-state index is 11.3. The number of amides is 1. The molecule has 0 saturated carbocycles. The van der Waals surface area contributed by atoms with Crippen molar-refractivity contribution in [3.8, 4) is 0 Å². The highest BCUT2D eigenvalue weighted by atomic mass is 16.5. The smallest absolute Gasteiger partial charge is 0.407 e. The normalized spacial score (nSPS) is 10.3. The molecule has 4 nitrogen and oxygen atoms in total. The molecule has 0 unspecified atom stereocenters. The van der Waals surface area contributed by atoms with Crippen LogP contribution in [0.4, 0.5) is 4.79 Å². The molecule has 0 heterocycles. The molecule has 0 spiro atoms. The van der Waals surface area contributed by atoms with Crippen molar-refractivity contribution in [2.45, 2.75) is 26.4 Å². The zero-order chi connectivity index (χ0) is 12.5. The Balaban J connectivity index is 2.09. The number of rotatable bonds is 6. The molecular formula is C13H20N2O2. The molecule has 0 aliphatic carbocycles. The van der Waals surface area contributed by atoms with Crippen molar-refractivity contribution in [2.75, 3.05) is 13.2 Å². The van der Waals surface area contributed by atoms with Crippen LogP contribution in [-0.2, 0) is 11.3 Å². The van der Waals surface area contributed by atoms with Gasteiger partial charge in [0, 0.05) is 19.1 Å². The lowest BCUT2D eigenvalue weighted by atomic mass is 10.2. The first kappa shape index (κ1) is 13.5. The highest BCUT2D eigenvalue weighted by molar-refractivity contribution is 5.67. The Bertz CT molecular complexity index is 325. The predicted molar refractivity (Wildman–Crippen MR) is 67.8 cm³/mol. The van der Waals surface area contributed by atoms with E-state index in [4.69, 9.17) is 4.74 Å². The van der Waals surface area contributed by atoms with Crippen LogP contribution >= 0.6 is 0 Å². The Morgan fingerprint density at radius 3 is 2.65 bits per heavy atom. The molecule has 1 rings (SSSR count). The zero-order valence-corrected chi connectivity index (χ0v) is 10.4. The number of hydrogen-bond donors (Lipinski definition) is 2. The van der Waals surface area contributed by atoms with E-state index in [0.29, 0.717) is 25.7 Å². The Morgan fingerprint density at radius 2 is 2.00 bits per heavy atom. The second-order valence-electron chi connectivity index (χ2n) is 4.08. The summed E-state index contributed by atoms with van der Waals surface area (Å²) in [5.74, 6) is 0. The summed E-state index contributed by atoms with van der Waals surface area (Å²) < 4.78 is 5.00. The van der Waals surface area contributed by atoms with Gasteiger partial charge in [0.15, 0.2) is 0 Å². The van der Waals surface area contributed by atoms with Crippen molar-refractivity contribution < 1.29 is 9.53 Å². The number of carbonyl (C=O) groups excluding carboxylic acids is 1. The van der Waals surface area contributed by atoms with E-state index in [2.05, 4.69) is 24.5 Å². The first-order valence-corrected chi connectivity index (χ1v) is 5.86. The van der Waals surface area contributed by atoms with E-state index in [1.165, 1.54) is 0 Å². The molecule has 4 heteroatoms. The van der Waals surface area contributed by atoms with Crippen molar-refractivity contribution in [3.63, 3.8) is 0 Å². The minimum absolute atomic E-state index is 0.376. The SMILES string of the molecule is CC(C)NCCOC(=O)NCc1ccccc1. The first-order valence-electron chi connectivity index (χ1n) is 5.86. The second-order valence-corrected chi connectivity index (χ2v) is 4.08. The highest BCUT2D eigenvalue weighted by Crippen LogP contribution is 1.97. The van der Waals surface area contributed by atoms with E-state index in [0.717, 1.165) is 5.56 Å². The number of carbonyl (C=O) groups is 1. The van der Waals surface area contributed by atoms with Gasteiger partial charge in [-0.25, -0.2) is 4.79 Å². The van der Waals surface area contributed by atoms with Crippen LogP contribution in [0.1, 0.15) is 19.4 Å². The van der Waals surface area contributed by atoms with Gasteiger partial charge >= 0.3 is 6.09 Å². The van der Waals surface area contributed by atoms with E-state index in [1.807, 2.05) is 30.3 Å². The van der Waals surface area contributed by atoms with Crippen molar-refractivity contribution in [3.05, 3.63) is 35.9 Å². The summed E-state index contributed by atoms with van der Waals surface area (Å²) in [6, 6.07) is 10.1. The molecular weight excluding hydrogens is 216 g/mol. The van der Waals surface area contributed by atoms with Gasteiger partial charge in [-0.05, 0) is 5.56 Å². The van der Waals surface area contributed by atoms with Crippen molar-refractivity contribution >= 4 is 6.09 Å². The van der Waals surface area contributed by atoms with Crippen LogP contribution in [0.15, 0.2) is 30.3 Å². The third-order valence-electron chi connectivity index (χ3n) is 2.17. The van der Waals surface area contributed by atoms with Crippen molar-refractivity contribution in [1.82, 2.24) is 10.6 Å². The van der Waals surface area contributed by atoms with Gasteiger partial charge in [0.05, 0.1) is 0 Å². The van der Waals surface area contributed by atoms with E-state index in [9.17, 15) is 4.79 Å². The van der Waals surface area contributed by atoms with Crippen molar-refractivity contribution in [1.29, 1.82) is 0 Å². The molecule has 0 atom stereocenters. The maximum Gasteiger partial charge on any atom is 0.407 e. The fraction of sp³-hybridized carbons (Fsp3) is 0.462. The van der Waals surface area contributed by atoms with Gasteiger partial charge in [0.1, 0.15) is 6.61 Å². The Hall–Kier alpha value is -1.55. The highest BCUT2D eigenvalue weighted by Gasteiger charge is 2.01. The Kier molecular flexibility index (Phi) is 6.10. The molecule has 0 saturated heterocycles. The van der Waals surface area contributed by atoms with Gasteiger partial charge < -0.3 is 15.4 Å². The summed E-state index contributed by atoms with van der Waals surface area (Å²) in [7, 11) is 0. The third-order valence-corrected chi connectivity index (χ3v) is 2.17. The molecule has 0 aromatic heterocycles. The van der Waals surface area contributed by atoms with Crippen LogP contribution in [0.3, 0.4) is 0 Å². The largest absolute Gasteiger partial charge is 0.448 e.